The van der Waals surface area contributed by atoms with E-state index in [9.17, 15) is 14.7 Å². The lowest BCUT2D eigenvalue weighted by Crippen LogP contribution is -2.17. The van der Waals surface area contributed by atoms with Crippen LogP contribution in [-0.4, -0.2) is 20.6 Å². The van der Waals surface area contributed by atoms with E-state index in [0.29, 0.717) is 23.4 Å². The molecular weight excluding hydrogens is 348 g/mol. The molecule has 0 spiro atoms. The number of aromatic nitrogens is 2. The molecule has 0 radical (unpaired) electrons. The fourth-order valence-electron chi connectivity index (χ4n) is 2.82. The van der Waals surface area contributed by atoms with E-state index in [1.807, 2.05) is 31.2 Å². The summed E-state index contributed by atoms with van der Waals surface area (Å²) >= 11 is 1.59. The molecule has 1 aromatic carbocycles. The Morgan fingerprint density at radius 2 is 2.08 bits per heavy atom. The second-order valence-electron chi connectivity index (χ2n) is 6.32. The van der Waals surface area contributed by atoms with Crippen molar-refractivity contribution in [2.45, 2.75) is 33.2 Å². The molecule has 0 saturated carbocycles. The van der Waals surface area contributed by atoms with Crippen molar-refractivity contribution in [2.24, 2.45) is 0 Å². The van der Waals surface area contributed by atoms with Gasteiger partial charge in [-0.25, -0.2) is 9.78 Å². The first-order valence-electron chi connectivity index (χ1n) is 8.45. The predicted molar refractivity (Wildman–Crippen MR) is 106 cm³/mol. The number of nitrogens with zero attached hydrogens (tertiary/aromatic N) is 2. The smallest absolute Gasteiger partial charge is 0.352 e. The number of carboxylic acids is 1. The minimum absolute atomic E-state index is 0.00706. The molecule has 0 atom stereocenters. The molecule has 0 fully saturated rings. The molecule has 5 nitrogen and oxygen atoms in total. The van der Waals surface area contributed by atoms with Crippen LogP contribution in [0.4, 0.5) is 0 Å². The van der Waals surface area contributed by atoms with Crippen LogP contribution in [0.25, 0.3) is 23.1 Å². The SMILES string of the molecule is CCn1c(C(=O)O)cc(=O)c2ccc(/C=C/c3nc(C(C)C)cs3)cc21. The maximum absolute atomic E-state index is 12.2. The molecule has 3 rings (SSSR count). The summed E-state index contributed by atoms with van der Waals surface area (Å²) in [5.74, 6) is -0.710. The summed E-state index contributed by atoms with van der Waals surface area (Å²) in [4.78, 5) is 28.2. The van der Waals surface area contributed by atoms with Gasteiger partial charge in [-0.2, -0.15) is 0 Å². The third-order valence-corrected chi connectivity index (χ3v) is 5.05. The molecule has 0 unspecified atom stereocenters. The Balaban J connectivity index is 2.06. The van der Waals surface area contributed by atoms with Gasteiger partial charge < -0.3 is 9.67 Å². The minimum Gasteiger partial charge on any atom is -0.477 e. The summed E-state index contributed by atoms with van der Waals surface area (Å²) in [6.07, 6.45) is 3.87. The van der Waals surface area contributed by atoms with Gasteiger partial charge in [0.2, 0.25) is 0 Å². The Morgan fingerprint density at radius 1 is 1.31 bits per heavy atom. The summed E-state index contributed by atoms with van der Waals surface area (Å²) in [7, 11) is 0. The lowest BCUT2D eigenvalue weighted by molar-refractivity contribution is 0.0685. The zero-order valence-electron chi connectivity index (χ0n) is 14.9. The van der Waals surface area contributed by atoms with E-state index in [0.717, 1.165) is 16.3 Å². The molecule has 0 aliphatic rings. The largest absolute Gasteiger partial charge is 0.477 e. The average molecular weight is 368 g/mol. The first-order valence-corrected chi connectivity index (χ1v) is 9.33. The zero-order chi connectivity index (χ0) is 18.8. The van der Waals surface area contributed by atoms with Crippen LogP contribution in [0.3, 0.4) is 0 Å². The molecule has 134 valence electrons. The number of benzene rings is 1. The van der Waals surface area contributed by atoms with Crippen molar-refractivity contribution in [2.75, 3.05) is 0 Å². The van der Waals surface area contributed by atoms with Crippen molar-refractivity contribution >= 4 is 40.4 Å². The van der Waals surface area contributed by atoms with Crippen molar-refractivity contribution < 1.29 is 9.90 Å². The van der Waals surface area contributed by atoms with E-state index in [2.05, 4.69) is 24.2 Å². The van der Waals surface area contributed by atoms with Gasteiger partial charge in [-0.05, 0) is 36.6 Å². The molecule has 0 bridgehead atoms. The Labute approximate surface area is 155 Å². The van der Waals surface area contributed by atoms with Crippen LogP contribution in [0.15, 0.2) is 34.4 Å². The Morgan fingerprint density at radius 3 is 2.69 bits per heavy atom. The van der Waals surface area contributed by atoms with Crippen molar-refractivity contribution in [1.82, 2.24) is 9.55 Å². The Hall–Kier alpha value is -2.73. The molecular formula is C20H20N2O3S. The first kappa shape index (κ1) is 18.1. The van der Waals surface area contributed by atoms with Gasteiger partial charge in [0.15, 0.2) is 5.43 Å². The molecule has 26 heavy (non-hydrogen) atoms. The maximum Gasteiger partial charge on any atom is 0.352 e. The lowest BCUT2D eigenvalue weighted by Gasteiger charge is -2.12. The fraction of sp³-hybridized carbons (Fsp3) is 0.250. The van der Waals surface area contributed by atoms with Crippen LogP contribution in [0.2, 0.25) is 0 Å². The Bertz CT molecular complexity index is 1060. The second-order valence-corrected chi connectivity index (χ2v) is 7.21. The number of hydrogen-bond acceptors (Lipinski definition) is 4. The number of aryl methyl sites for hydroxylation is 1. The normalized spacial score (nSPS) is 11.7. The number of carboxylic acid groups (broad SMARTS) is 1. The van der Waals surface area contributed by atoms with Crippen LogP contribution >= 0.6 is 11.3 Å². The summed E-state index contributed by atoms with van der Waals surface area (Å²) in [6, 6.07) is 6.64. The van der Waals surface area contributed by atoms with Gasteiger partial charge in [-0.15, -0.1) is 11.3 Å². The highest BCUT2D eigenvalue weighted by Gasteiger charge is 2.13. The van der Waals surface area contributed by atoms with Gasteiger partial charge in [0.25, 0.3) is 0 Å². The minimum atomic E-state index is -1.10. The van der Waals surface area contributed by atoms with E-state index < -0.39 is 5.97 Å². The van der Waals surface area contributed by atoms with Gasteiger partial charge in [-0.1, -0.05) is 26.0 Å². The number of thiazole rings is 1. The fourth-order valence-corrected chi connectivity index (χ4v) is 3.69. The van der Waals surface area contributed by atoms with Crippen LogP contribution < -0.4 is 5.43 Å². The van der Waals surface area contributed by atoms with E-state index in [-0.39, 0.29) is 11.1 Å². The summed E-state index contributed by atoms with van der Waals surface area (Å²) in [5, 5.41) is 12.9. The number of pyridine rings is 1. The number of aromatic carboxylic acids is 1. The van der Waals surface area contributed by atoms with Gasteiger partial charge >= 0.3 is 5.97 Å². The van der Waals surface area contributed by atoms with Crippen molar-refractivity contribution in [3.8, 4) is 0 Å². The van der Waals surface area contributed by atoms with Crippen LogP contribution in [0.5, 0.6) is 0 Å². The van der Waals surface area contributed by atoms with Crippen LogP contribution in [-0.2, 0) is 6.54 Å². The number of carbonyl (C=O) groups is 1. The van der Waals surface area contributed by atoms with Gasteiger partial charge in [0.1, 0.15) is 10.7 Å². The molecule has 0 aliphatic heterocycles. The molecule has 0 aliphatic carbocycles. The quantitative estimate of drug-likeness (QED) is 0.721. The van der Waals surface area contributed by atoms with Gasteiger partial charge in [0, 0.05) is 23.4 Å². The summed E-state index contributed by atoms with van der Waals surface area (Å²) in [5.41, 5.74) is 2.32. The molecule has 0 amide bonds. The standard InChI is InChI=1S/C20H20N2O3S/c1-4-22-16-9-13(6-8-19-21-15(11-26-19)12(2)3)5-7-14(16)18(23)10-17(22)20(24)25/h5-12H,4H2,1-3H3,(H,24,25)/b8-6+. The summed E-state index contributed by atoms with van der Waals surface area (Å²) in [6.45, 7) is 6.55. The molecule has 2 heterocycles. The van der Waals surface area contributed by atoms with Crippen LogP contribution in [0.1, 0.15) is 53.4 Å². The Kier molecular flexibility index (Phi) is 5.04. The molecule has 2 aromatic heterocycles. The lowest BCUT2D eigenvalue weighted by atomic mass is 10.1. The predicted octanol–water partition coefficient (Wildman–Crippen LogP) is 4.47. The second kappa shape index (κ2) is 7.25. The van der Waals surface area contributed by atoms with Crippen LogP contribution in [0, 0.1) is 0 Å². The maximum atomic E-state index is 12.2. The molecule has 0 saturated heterocycles. The van der Waals surface area contributed by atoms with Crippen molar-refractivity contribution in [3.05, 3.63) is 61.8 Å². The highest BCUT2D eigenvalue weighted by molar-refractivity contribution is 7.10. The van der Waals surface area contributed by atoms with E-state index in [1.54, 1.807) is 22.0 Å². The summed E-state index contributed by atoms with van der Waals surface area (Å²) < 4.78 is 1.65. The van der Waals surface area contributed by atoms with Crippen molar-refractivity contribution in [1.29, 1.82) is 0 Å². The van der Waals surface area contributed by atoms with Gasteiger partial charge in [-0.3, -0.25) is 4.79 Å². The highest BCUT2D eigenvalue weighted by Crippen LogP contribution is 2.21. The monoisotopic (exact) mass is 368 g/mol. The van der Waals surface area contributed by atoms with E-state index in [1.165, 1.54) is 6.07 Å². The van der Waals surface area contributed by atoms with Gasteiger partial charge in [0.05, 0.1) is 11.2 Å². The van der Waals surface area contributed by atoms with Crippen molar-refractivity contribution in [3.63, 3.8) is 0 Å². The third kappa shape index (κ3) is 3.46. The number of fused-ring (bicyclic) bond motifs is 1. The first-order chi connectivity index (χ1) is 12.4. The van der Waals surface area contributed by atoms with E-state index in [4.69, 9.17) is 0 Å². The number of hydrogen-bond donors (Lipinski definition) is 1. The number of rotatable bonds is 5. The third-order valence-electron chi connectivity index (χ3n) is 4.22. The molecule has 1 N–H and O–H groups in total. The molecule has 6 heteroatoms. The average Bonchev–Trinajstić information content (AvgIpc) is 3.09. The zero-order valence-corrected chi connectivity index (χ0v) is 15.7. The topological polar surface area (TPSA) is 72.2 Å². The van der Waals surface area contributed by atoms with E-state index >= 15 is 0 Å². The molecule has 3 aromatic rings. The highest BCUT2D eigenvalue weighted by atomic mass is 32.1.